The van der Waals surface area contributed by atoms with Gasteiger partial charge < -0.3 is 10.9 Å². The third-order valence-corrected chi connectivity index (χ3v) is 5.34. The summed E-state index contributed by atoms with van der Waals surface area (Å²) in [7, 11) is 1.47. The Balaban J connectivity index is 0. The van der Waals surface area contributed by atoms with Crippen molar-refractivity contribution in [1.29, 1.82) is 0 Å². The van der Waals surface area contributed by atoms with E-state index in [1.54, 1.807) is 0 Å². The van der Waals surface area contributed by atoms with Gasteiger partial charge in [0.25, 0.3) is 0 Å². The van der Waals surface area contributed by atoms with E-state index in [0.29, 0.717) is 6.42 Å². The van der Waals surface area contributed by atoms with Gasteiger partial charge in [-0.2, -0.15) is 11.8 Å². The van der Waals surface area contributed by atoms with Gasteiger partial charge in [0, 0.05) is 6.42 Å². The molecule has 0 bridgehead atoms. The van der Waals surface area contributed by atoms with E-state index in [1.807, 2.05) is 0 Å². The molecule has 0 rings (SSSR count). The topological polar surface area (TPSA) is 61.3 Å². The van der Waals surface area contributed by atoms with Crippen LogP contribution in [0.15, 0.2) is 0 Å². The van der Waals surface area contributed by atoms with Crippen molar-refractivity contribution in [3.8, 4) is 0 Å². The Kier molecular flexibility index (Phi) is 24.7. The Hall–Kier alpha value is -0.220. The van der Waals surface area contributed by atoms with Gasteiger partial charge in [-0.3, -0.25) is 4.79 Å². The van der Waals surface area contributed by atoms with E-state index in [-0.39, 0.29) is 12.1 Å². The van der Waals surface area contributed by atoms with Crippen LogP contribution in [-0.2, 0) is 9.53 Å². The van der Waals surface area contributed by atoms with Crippen molar-refractivity contribution in [3.63, 3.8) is 0 Å². The van der Waals surface area contributed by atoms with E-state index in [2.05, 4.69) is 23.4 Å². The molecule has 0 aliphatic rings. The van der Waals surface area contributed by atoms with Crippen molar-refractivity contribution in [1.82, 2.24) is 6.15 Å². The lowest BCUT2D eigenvalue weighted by Crippen LogP contribution is -1.99. The lowest BCUT2D eigenvalue weighted by Gasteiger charge is -2.03. The number of thioether (sulfide) groups is 1. The maximum Gasteiger partial charge on any atom is 0.305 e. The van der Waals surface area contributed by atoms with Crippen LogP contribution in [-0.4, -0.2) is 24.6 Å². The van der Waals surface area contributed by atoms with Gasteiger partial charge in [-0.15, -0.1) is 0 Å². The van der Waals surface area contributed by atoms with Crippen LogP contribution in [0.3, 0.4) is 0 Å². The fourth-order valence-electron chi connectivity index (χ4n) is 2.72. The van der Waals surface area contributed by atoms with E-state index in [1.165, 1.54) is 95.7 Å². The molecule has 0 unspecified atom stereocenters. The number of hydrogen-bond acceptors (Lipinski definition) is 4. The summed E-state index contributed by atoms with van der Waals surface area (Å²) in [5.74, 6) is 2.49. The minimum Gasteiger partial charge on any atom is -0.469 e. The molecule has 3 nitrogen and oxygen atoms in total. The average molecular weight is 361 g/mol. The zero-order valence-corrected chi connectivity index (χ0v) is 17.0. The zero-order chi connectivity index (χ0) is 17.0. The molecular weight excluding hydrogens is 318 g/mol. The highest BCUT2D eigenvalue weighted by molar-refractivity contribution is 7.99. The first-order valence-electron chi connectivity index (χ1n) is 9.75. The standard InChI is InChI=1S/C20H39O2S.H3N/c1-3-18-23-19-16-14-12-10-8-6-4-5-7-9-11-13-15-17-20(21)22-2;/h1,3-19H2,2H3;1H3. The molecular formula is C20H42NO2S. The molecule has 3 N–H and O–H groups in total. The Morgan fingerprint density at radius 3 is 1.58 bits per heavy atom. The van der Waals surface area contributed by atoms with Gasteiger partial charge in [0.2, 0.25) is 0 Å². The Labute approximate surface area is 155 Å². The summed E-state index contributed by atoms with van der Waals surface area (Å²) in [6.45, 7) is 3.86. The summed E-state index contributed by atoms with van der Waals surface area (Å²) in [6.07, 6.45) is 19.0. The number of hydrogen-bond donors (Lipinski definition) is 1. The van der Waals surface area contributed by atoms with Crippen LogP contribution >= 0.6 is 11.8 Å². The lowest BCUT2D eigenvalue weighted by molar-refractivity contribution is -0.140. The molecule has 0 aromatic carbocycles. The number of esters is 1. The van der Waals surface area contributed by atoms with Crippen molar-refractivity contribution in [2.75, 3.05) is 18.6 Å². The normalized spacial score (nSPS) is 10.4. The highest BCUT2D eigenvalue weighted by Gasteiger charge is 1.99. The fraction of sp³-hybridized carbons (Fsp3) is 0.900. The van der Waals surface area contributed by atoms with E-state index >= 15 is 0 Å². The van der Waals surface area contributed by atoms with Crippen molar-refractivity contribution in [2.45, 2.75) is 96.3 Å². The molecule has 0 heterocycles. The molecule has 0 amide bonds. The maximum absolute atomic E-state index is 10.9. The number of methoxy groups -OCH3 is 1. The van der Waals surface area contributed by atoms with Gasteiger partial charge in [-0.05, 0) is 30.8 Å². The molecule has 0 aromatic heterocycles. The Morgan fingerprint density at radius 2 is 1.17 bits per heavy atom. The minimum atomic E-state index is -0.0676. The average Bonchev–Trinajstić information content (AvgIpc) is 2.57. The first-order chi connectivity index (χ1) is 11.3. The number of rotatable bonds is 18. The largest absolute Gasteiger partial charge is 0.469 e. The van der Waals surface area contributed by atoms with Gasteiger partial charge in [-0.25, -0.2) is 0 Å². The summed E-state index contributed by atoms with van der Waals surface area (Å²) >= 11 is 2.05. The van der Waals surface area contributed by atoms with E-state index in [0.717, 1.165) is 12.8 Å². The molecule has 0 fully saturated rings. The van der Waals surface area contributed by atoms with Crippen molar-refractivity contribution in [2.24, 2.45) is 0 Å². The molecule has 0 saturated heterocycles. The van der Waals surface area contributed by atoms with Crippen LogP contribution < -0.4 is 6.15 Å². The second-order valence-corrected chi connectivity index (χ2v) is 7.61. The predicted molar refractivity (Wildman–Crippen MR) is 109 cm³/mol. The van der Waals surface area contributed by atoms with Crippen LogP contribution in [0.1, 0.15) is 96.3 Å². The third kappa shape index (κ3) is 21.8. The Morgan fingerprint density at radius 1 is 0.750 bits per heavy atom. The molecule has 0 spiro atoms. The number of carbonyl (C=O) groups excluding carboxylic acids is 1. The van der Waals surface area contributed by atoms with E-state index in [4.69, 9.17) is 0 Å². The maximum atomic E-state index is 10.9. The summed E-state index contributed by atoms with van der Waals surface area (Å²) in [5, 5.41) is 0. The van der Waals surface area contributed by atoms with Crippen LogP contribution in [0.5, 0.6) is 0 Å². The second kappa shape index (κ2) is 22.8. The molecule has 0 aliphatic carbocycles. The quantitative estimate of drug-likeness (QED) is 0.217. The molecule has 0 saturated carbocycles. The van der Waals surface area contributed by atoms with Gasteiger partial charge >= 0.3 is 5.97 Å². The lowest BCUT2D eigenvalue weighted by atomic mass is 10.0. The highest BCUT2D eigenvalue weighted by Crippen LogP contribution is 2.14. The minimum absolute atomic E-state index is 0. The van der Waals surface area contributed by atoms with Gasteiger partial charge in [0.1, 0.15) is 0 Å². The van der Waals surface area contributed by atoms with Gasteiger partial charge in [-0.1, -0.05) is 77.6 Å². The summed E-state index contributed by atoms with van der Waals surface area (Å²) in [4.78, 5) is 10.9. The molecule has 0 aromatic rings. The van der Waals surface area contributed by atoms with Crippen LogP contribution in [0.2, 0.25) is 0 Å². The molecule has 0 atom stereocenters. The van der Waals surface area contributed by atoms with E-state index < -0.39 is 0 Å². The van der Waals surface area contributed by atoms with Crippen molar-refractivity contribution < 1.29 is 9.53 Å². The number of carbonyl (C=O) groups is 1. The number of ether oxygens (including phenoxy) is 1. The molecule has 24 heavy (non-hydrogen) atoms. The first-order valence-corrected chi connectivity index (χ1v) is 10.9. The smallest absolute Gasteiger partial charge is 0.305 e. The third-order valence-electron chi connectivity index (χ3n) is 4.19. The SMILES string of the molecule is N.[CH2]CCSCCCCCCCCCCCCCCCC(=O)OC. The Bertz CT molecular complexity index is 250. The van der Waals surface area contributed by atoms with Crippen molar-refractivity contribution >= 4 is 17.7 Å². The van der Waals surface area contributed by atoms with Crippen molar-refractivity contribution in [3.05, 3.63) is 6.92 Å². The van der Waals surface area contributed by atoms with E-state index in [9.17, 15) is 4.79 Å². The number of unbranched alkanes of at least 4 members (excludes halogenated alkanes) is 12. The molecule has 4 heteroatoms. The zero-order valence-electron chi connectivity index (χ0n) is 16.2. The molecule has 145 valence electrons. The molecule has 1 radical (unpaired) electrons. The van der Waals surface area contributed by atoms with Crippen LogP contribution in [0, 0.1) is 6.92 Å². The van der Waals surface area contributed by atoms with Crippen LogP contribution in [0.25, 0.3) is 0 Å². The fourth-order valence-corrected chi connectivity index (χ4v) is 3.54. The predicted octanol–water partition coefficient (Wildman–Crippen LogP) is 6.74. The van der Waals surface area contributed by atoms with Gasteiger partial charge in [0.15, 0.2) is 0 Å². The first kappa shape index (κ1) is 26.0. The molecule has 0 aliphatic heterocycles. The summed E-state index contributed by atoms with van der Waals surface area (Å²) in [5.41, 5.74) is 0. The summed E-state index contributed by atoms with van der Waals surface area (Å²) < 4.78 is 4.64. The second-order valence-electron chi connectivity index (χ2n) is 6.39. The van der Waals surface area contributed by atoms with Crippen LogP contribution in [0.4, 0.5) is 0 Å². The summed E-state index contributed by atoms with van der Waals surface area (Å²) in [6, 6.07) is 0. The highest BCUT2D eigenvalue weighted by atomic mass is 32.2. The monoisotopic (exact) mass is 360 g/mol. The van der Waals surface area contributed by atoms with Gasteiger partial charge in [0.05, 0.1) is 7.11 Å².